The number of hydrogen-bond donors (Lipinski definition) is 1. The molecule has 1 aromatic heterocycles. The summed E-state index contributed by atoms with van der Waals surface area (Å²) in [6.07, 6.45) is 4.55. The third-order valence-corrected chi connectivity index (χ3v) is 4.89. The highest BCUT2D eigenvalue weighted by Crippen LogP contribution is 2.14. The third kappa shape index (κ3) is 5.75. The molecule has 1 atom stereocenters. The lowest BCUT2D eigenvalue weighted by Crippen LogP contribution is -2.41. The second-order valence-electron chi connectivity index (χ2n) is 6.91. The first-order valence-electron chi connectivity index (χ1n) is 9.69. The van der Waals surface area contributed by atoms with Crippen LogP contribution in [-0.4, -0.2) is 41.3 Å². The van der Waals surface area contributed by atoms with Crippen LogP contribution in [0.1, 0.15) is 32.7 Å². The molecule has 2 aromatic carbocycles. The Hall–Kier alpha value is -3.47. The van der Waals surface area contributed by atoms with Gasteiger partial charge in [-0.05, 0) is 42.7 Å². The van der Waals surface area contributed by atoms with Gasteiger partial charge in [-0.1, -0.05) is 48.5 Å². The Kier molecular flexibility index (Phi) is 7.11. The minimum Gasteiger partial charge on any atom is -0.352 e. The maximum atomic E-state index is 12.9. The Bertz CT molecular complexity index is 915. The zero-order valence-electron chi connectivity index (χ0n) is 16.5. The van der Waals surface area contributed by atoms with Gasteiger partial charge < -0.3 is 10.2 Å². The number of pyridine rings is 1. The Morgan fingerprint density at radius 3 is 2.24 bits per heavy atom. The van der Waals surface area contributed by atoms with E-state index in [-0.39, 0.29) is 17.9 Å². The van der Waals surface area contributed by atoms with Crippen molar-refractivity contribution in [2.24, 2.45) is 0 Å². The molecular weight excluding hydrogens is 362 g/mol. The van der Waals surface area contributed by atoms with Crippen LogP contribution >= 0.6 is 0 Å². The van der Waals surface area contributed by atoms with E-state index in [1.165, 1.54) is 0 Å². The van der Waals surface area contributed by atoms with Crippen LogP contribution in [0.4, 0.5) is 0 Å². The predicted octanol–water partition coefficient (Wildman–Crippen LogP) is 3.59. The van der Waals surface area contributed by atoms with Gasteiger partial charge in [-0.15, -0.1) is 0 Å². The highest BCUT2D eigenvalue weighted by Gasteiger charge is 2.21. The monoisotopic (exact) mass is 387 g/mol. The summed E-state index contributed by atoms with van der Waals surface area (Å²) in [7, 11) is 1.83. The molecule has 2 amide bonds. The van der Waals surface area contributed by atoms with Crippen molar-refractivity contribution in [3.8, 4) is 0 Å². The molecule has 0 radical (unpaired) electrons. The van der Waals surface area contributed by atoms with E-state index >= 15 is 0 Å². The number of carbonyl (C=O) groups is 2. The van der Waals surface area contributed by atoms with Crippen molar-refractivity contribution >= 4 is 11.8 Å². The second kappa shape index (κ2) is 10.2. The molecule has 0 bridgehead atoms. The van der Waals surface area contributed by atoms with E-state index in [1.54, 1.807) is 29.4 Å². The zero-order chi connectivity index (χ0) is 20.5. The minimum absolute atomic E-state index is 0.0230. The van der Waals surface area contributed by atoms with Gasteiger partial charge in [-0.25, -0.2) is 0 Å². The van der Waals surface area contributed by atoms with E-state index in [2.05, 4.69) is 22.4 Å². The van der Waals surface area contributed by atoms with Crippen LogP contribution in [-0.2, 0) is 6.42 Å². The lowest BCUT2D eigenvalue weighted by molar-refractivity contribution is 0.0723. The summed E-state index contributed by atoms with van der Waals surface area (Å²) in [5.74, 6) is -0.182. The van der Waals surface area contributed by atoms with Crippen molar-refractivity contribution in [2.45, 2.75) is 18.9 Å². The molecule has 0 aliphatic rings. The standard InChI is InChI=1S/C24H25N3O2/c1-27(24(29)20-11-6-3-7-12-20)22(17-19-9-4-2-5-10-19)14-16-26-23(28)21-13-8-15-25-18-21/h2-13,15,18,22H,14,16-17H2,1H3,(H,26,28). The molecule has 0 fully saturated rings. The summed E-state index contributed by atoms with van der Waals surface area (Å²) in [6.45, 7) is 0.470. The van der Waals surface area contributed by atoms with Gasteiger partial charge in [-0.2, -0.15) is 0 Å². The van der Waals surface area contributed by atoms with E-state index in [0.29, 0.717) is 24.1 Å². The molecule has 5 heteroatoms. The molecule has 5 nitrogen and oxygen atoms in total. The molecule has 29 heavy (non-hydrogen) atoms. The highest BCUT2D eigenvalue weighted by molar-refractivity contribution is 5.94. The first kappa shape index (κ1) is 20.3. The van der Waals surface area contributed by atoms with E-state index in [4.69, 9.17) is 0 Å². The summed E-state index contributed by atoms with van der Waals surface area (Å²) in [6, 6.07) is 22.8. The zero-order valence-corrected chi connectivity index (χ0v) is 16.5. The summed E-state index contributed by atoms with van der Waals surface area (Å²) < 4.78 is 0. The van der Waals surface area contributed by atoms with Gasteiger partial charge in [0.1, 0.15) is 0 Å². The Morgan fingerprint density at radius 1 is 0.931 bits per heavy atom. The fourth-order valence-electron chi connectivity index (χ4n) is 3.22. The number of amides is 2. The van der Waals surface area contributed by atoms with Crippen LogP contribution in [0.5, 0.6) is 0 Å². The molecule has 3 aromatic rings. The third-order valence-electron chi connectivity index (χ3n) is 4.89. The number of likely N-dealkylation sites (N-methyl/N-ethyl adjacent to an activating group) is 1. The molecule has 3 rings (SSSR count). The van der Waals surface area contributed by atoms with E-state index in [1.807, 2.05) is 55.6 Å². The SMILES string of the molecule is CN(C(=O)c1ccccc1)C(CCNC(=O)c1cccnc1)Cc1ccccc1. The topological polar surface area (TPSA) is 62.3 Å². The normalized spacial score (nSPS) is 11.5. The summed E-state index contributed by atoms with van der Waals surface area (Å²) in [4.78, 5) is 31.0. The molecular formula is C24H25N3O2. The summed E-state index contributed by atoms with van der Waals surface area (Å²) in [5, 5.41) is 2.93. The van der Waals surface area contributed by atoms with Crippen LogP contribution in [0.25, 0.3) is 0 Å². The number of hydrogen-bond acceptors (Lipinski definition) is 3. The Morgan fingerprint density at radius 2 is 1.59 bits per heavy atom. The van der Waals surface area contributed by atoms with Crippen molar-refractivity contribution in [2.75, 3.05) is 13.6 Å². The molecule has 0 aliphatic heterocycles. The van der Waals surface area contributed by atoms with Crippen LogP contribution < -0.4 is 5.32 Å². The van der Waals surface area contributed by atoms with Gasteiger partial charge in [0.05, 0.1) is 5.56 Å². The van der Waals surface area contributed by atoms with Gasteiger partial charge in [0.2, 0.25) is 0 Å². The van der Waals surface area contributed by atoms with Crippen molar-refractivity contribution in [3.05, 3.63) is 102 Å². The van der Waals surface area contributed by atoms with Gasteiger partial charge >= 0.3 is 0 Å². The van der Waals surface area contributed by atoms with Gasteiger partial charge in [0.15, 0.2) is 0 Å². The number of carbonyl (C=O) groups excluding carboxylic acids is 2. The largest absolute Gasteiger partial charge is 0.352 e. The van der Waals surface area contributed by atoms with E-state index < -0.39 is 0 Å². The van der Waals surface area contributed by atoms with E-state index in [9.17, 15) is 9.59 Å². The minimum atomic E-state index is -0.159. The maximum Gasteiger partial charge on any atom is 0.253 e. The number of nitrogens with one attached hydrogen (secondary N) is 1. The fraction of sp³-hybridized carbons (Fsp3) is 0.208. The van der Waals surface area contributed by atoms with Crippen molar-refractivity contribution in [3.63, 3.8) is 0 Å². The average molecular weight is 387 g/mol. The Balaban J connectivity index is 1.67. The number of benzene rings is 2. The Labute approximate surface area is 171 Å². The smallest absolute Gasteiger partial charge is 0.253 e. The molecule has 0 spiro atoms. The highest BCUT2D eigenvalue weighted by atomic mass is 16.2. The lowest BCUT2D eigenvalue weighted by atomic mass is 10.0. The maximum absolute atomic E-state index is 12.9. The van der Waals surface area contributed by atoms with Gasteiger partial charge in [0.25, 0.3) is 11.8 Å². The summed E-state index contributed by atoms with van der Waals surface area (Å²) in [5.41, 5.74) is 2.34. The predicted molar refractivity (Wildman–Crippen MR) is 114 cm³/mol. The first-order valence-corrected chi connectivity index (χ1v) is 9.69. The van der Waals surface area contributed by atoms with Crippen LogP contribution in [0, 0.1) is 0 Å². The van der Waals surface area contributed by atoms with Crippen LogP contribution in [0.2, 0.25) is 0 Å². The molecule has 1 heterocycles. The van der Waals surface area contributed by atoms with Gasteiger partial charge in [0, 0.05) is 37.6 Å². The molecule has 1 N–H and O–H groups in total. The van der Waals surface area contributed by atoms with Gasteiger partial charge in [-0.3, -0.25) is 14.6 Å². The molecule has 148 valence electrons. The molecule has 0 aliphatic carbocycles. The number of rotatable bonds is 8. The summed E-state index contributed by atoms with van der Waals surface area (Å²) >= 11 is 0. The molecule has 1 unspecified atom stereocenters. The van der Waals surface area contributed by atoms with Crippen LogP contribution in [0.3, 0.4) is 0 Å². The van der Waals surface area contributed by atoms with Crippen molar-refractivity contribution < 1.29 is 9.59 Å². The lowest BCUT2D eigenvalue weighted by Gasteiger charge is -2.29. The number of aromatic nitrogens is 1. The quantitative estimate of drug-likeness (QED) is 0.643. The average Bonchev–Trinajstić information content (AvgIpc) is 2.79. The molecule has 0 saturated carbocycles. The number of nitrogens with zero attached hydrogens (tertiary/aromatic N) is 2. The second-order valence-corrected chi connectivity index (χ2v) is 6.91. The van der Waals surface area contributed by atoms with Crippen molar-refractivity contribution in [1.29, 1.82) is 0 Å². The van der Waals surface area contributed by atoms with Crippen molar-refractivity contribution in [1.82, 2.24) is 15.2 Å². The van der Waals surface area contributed by atoms with Crippen LogP contribution in [0.15, 0.2) is 85.2 Å². The molecule has 0 saturated heterocycles. The first-order chi connectivity index (χ1) is 14.1. The fourth-order valence-corrected chi connectivity index (χ4v) is 3.22. The van der Waals surface area contributed by atoms with E-state index in [0.717, 1.165) is 12.0 Å².